The molecule has 0 bridgehead atoms. The number of nitrogens with one attached hydrogen (secondary N) is 2. The van der Waals surface area contributed by atoms with E-state index in [0.717, 1.165) is 24.1 Å². The van der Waals surface area contributed by atoms with Crippen LogP contribution >= 0.6 is 23.2 Å². The van der Waals surface area contributed by atoms with Crippen LogP contribution in [0.15, 0.2) is 42.5 Å². The highest BCUT2D eigenvalue weighted by molar-refractivity contribution is 6.42. The SMILES string of the molecule is C[C@@H](Oc1cccc(Cl)c1Cl)C(=O)N[C@H](C)c1ccc(NC(=O)C2CC2)cc1. The average Bonchev–Trinajstić information content (AvgIpc) is 3.51. The third kappa shape index (κ3) is 5.18. The second kappa shape index (κ2) is 8.84. The molecule has 0 spiro atoms. The fourth-order valence-electron chi connectivity index (χ4n) is 2.68. The van der Waals surface area contributed by atoms with Crippen molar-refractivity contribution in [3.8, 4) is 5.75 Å². The molecule has 0 radical (unpaired) electrons. The van der Waals surface area contributed by atoms with E-state index in [1.54, 1.807) is 25.1 Å². The average molecular weight is 421 g/mol. The second-order valence-electron chi connectivity index (χ2n) is 6.93. The molecule has 7 heteroatoms. The predicted octanol–water partition coefficient (Wildman–Crippen LogP) is 4.99. The van der Waals surface area contributed by atoms with Crippen molar-refractivity contribution in [2.24, 2.45) is 5.92 Å². The quantitative estimate of drug-likeness (QED) is 0.662. The van der Waals surface area contributed by atoms with Gasteiger partial charge in [-0.15, -0.1) is 0 Å². The third-order valence-corrected chi connectivity index (χ3v) is 5.38. The molecule has 1 aliphatic carbocycles. The summed E-state index contributed by atoms with van der Waals surface area (Å²) in [7, 11) is 0. The molecule has 28 heavy (non-hydrogen) atoms. The normalized spacial score (nSPS) is 15.4. The van der Waals surface area contributed by atoms with E-state index in [2.05, 4.69) is 10.6 Å². The molecule has 5 nitrogen and oxygen atoms in total. The number of benzene rings is 2. The molecule has 0 heterocycles. The Labute approximate surface area is 174 Å². The summed E-state index contributed by atoms with van der Waals surface area (Å²) in [6.07, 6.45) is 1.19. The Bertz CT molecular complexity index is 866. The highest BCUT2D eigenvalue weighted by atomic mass is 35.5. The van der Waals surface area contributed by atoms with Crippen LogP contribution < -0.4 is 15.4 Å². The van der Waals surface area contributed by atoms with Crippen molar-refractivity contribution in [3.05, 3.63) is 58.1 Å². The largest absolute Gasteiger partial charge is 0.479 e. The first kappa shape index (κ1) is 20.5. The lowest BCUT2D eigenvalue weighted by atomic mass is 10.1. The predicted molar refractivity (Wildman–Crippen MR) is 111 cm³/mol. The van der Waals surface area contributed by atoms with Gasteiger partial charge in [0.1, 0.15) is 10.8 Å². The van der Waals surface area contributed by atoms with Crippen molar-refractivity contribution < 1.29 is 14.3 Å². The Balaban J connectivity index is 1.55. The van der Waals surface area contributed by atoms with Crippen LogP contribution in [0.4, 0.5) is 5.69 Å². The lowest BCUT2D eigenvalue weighted by Crippen LogP contribution is -2.37. The van der Waals surface area contributed by atoms with Gasteiger partial charge in [-0.25, -0.2) is 0 Å². The molecule has 1 saturated carbocycles. The van der Waals surface area contributed by atoms with Crippen LogP contribution in [0.3, 0.4) is 0 Å². The van der Waals surface area contributed by atoms with E-state index in [4.69, 9.17) is 27.9 Å². The lowest BCUT2D eigenvalue weighted by Gasteiger charge is -2.20. The van der Waals surface area contributed by atoms with E-state index in [-0.39, 0.29) is 28.8 Å². The number of hydrogen-bond donors (Lipinski definition) is 2. The number of ether oxygens (including phenoxy) is 1. The fraction of sp³-hybridized carbons (Fsp3) is 0.333. The Morgan fingerprint density at radius 1 is 1.07 bits per heavy atom. The maximum Gasteiger partial charge on any atom is 0.261 e. The summed E-state index contributed by atoms with van der Waals surface area (Å²) >= 11 is 12.1. The smallest absolute Gasteiger partial charge is 0.261 e. The van der Waals surface area contributed by atoms with E-state index < -0.39 is 6.10 Å². The van der Waals surface area contributed by atoms with Gasteiger partial charge in [0.25, 0.3) is 5.91 Å². The van der Waals surface area contributed by atoms with Crippen LogP contribution in [0.2, 0.25) is 10.0 Å². The van der Waals surface area contributed by atoms with Crippen molar-refractivity contribution in [1.29, 1.82) is 0 Å². The fourth-order valence-corrected chi connectivity index (χ4v) is 3.01. The first-order valence-electron chi connectivity index (χ1n) is 9.17. The number of hydrogen-bond acceptors (Lipinski definition) is 3. The van der Waals surface area contributed by atoms with Crippen molar-refractivity contribution in [2.75, 3.05) is 5.32 Å². The Hall–Kier alpha value is -2.24. The third-order valence-electron chi connectivity index (χ3n) is 4.57. The van der Waals surface area contributed by atoms with Crippen molar-refractivity contribution in [1.82, 2.24) is 5.32 Å². The number of carbonyl (C=O) groups is 2. The van der Waals surface area contributed by atoms with E-state index in [1.807, 2.05) is 31.2 Å². The number of rotatable bonds is 7. The zero-order valence-corrected chi connectivity index (χ0v) is 17.2. The van der Waals surface area contributed by atoms with Gasteiger partial charge in [-0.1, -0.05) is 41.4 Å². The van der Waals surface area contributed by atoms with Gasteiger partial charge in [-0.05, 0) is 56.5 Å². The van der Waals surface area contributed by atoms with Gasteiger partial charge in [0.2, 0.25) is 5.91 Å². The molecule has 148 valence electrons. The van der Waals surface area contributed by atoms with Crippen LogP contribution in [-0.4, -0.2) is 17.9 Å². The number of carbonyl (C=O) groups excluding carboxylic acids is 2. The maximum absolute atomic E-state index is 12.5. The highest BCUT2D eigenvalue weighted by Gasteiger charge is 2.29. The lowest BCUT2D eigenvalue weighted by molar-refractivity contribution is -0.128. The van der Waals surface area contributed by atoms with E-state index in [1.165, 1.54) is 0 Å². The van der Waals surface area contributed by atoms with Gasteiger partial charge in [-0.2, -0.15) is 0 Å². The summed E-state index contributed by atoms with van der Waals surface area (Å²) < 4.78 is 5.64. The Morgan fingerprint density at radius 2 is 1.75 bits per heavy atom. The first-order chi connectivity index (χ1) is 13.3. The van der Waals surface area contributed by atoms with Gasteiger partial charge in [0, 0.05) is 11.6 Å². The molecule has 2 amide bonds. The van der Waals surface area contributed by atoms with Crippen LogP contribution in [0, 0.1) is 5.92 Å². The van der Waals surface area contributed by atoms with Crippen molar-refractivity contribution in [3.63, 3.8) is 0 Å². The molecule has 0 unspecified atom stereocenters. The Morgan fingerprint density at radius 3 is 2.39 bits per heavy atom. The van der Waals surface area contributed by atoms with Gasteiger partial charge >= 0.3 is 0 Å². The van der Waals surface area contributed by atoms with Crippen LogP contribution in [0.5, 0.6) is 5.75 Å². The molecule has 2 atom stereocenters. The standard InChI is InChI=1S/C21H22Cl2N2O3/c1-12(14-8-10-16(11-9-14)25-21(27)15-6-7-15)24-20(26)13(2)28-18-5-3-4-17(22)19(18)23/h3-5,8-13,15H,6-7H2,1-2H3,(H,24,26)(H,25,27)/t12-,13-/m1/s1. The second-order valence-corrected chi connectivity index (χ2v) is 7.71. The summed E-state index contributed by atoms with van der Waals surface area (Å²) in [6, 6.07) is 12.2. The minimum Gasteiger partial charge on any atom is -0.479 e. The maximum atomic E-state index is 12.5. The van der Waals surface area contributed by atoms with Gasteiger partial charge in [-0.3, -0.25) is 9.59 Å². The van der Waals surface area contributed by atoms with Gasteiger partial charge in [0.05, 0.1) is 11.1 Å². The molecule has 3 rings (SSSR count). The van der Waals surface area contributed by atoms with Crippen LogP contribution in [0.1, 0.15) is 38.3 Å². The number of amides is 2. The molecule has 2 N–H and O–H groups in total. The number of halogens is 2. The van der Waals surface area contributed by atoms with Crippen molar-refractivity contribution in [2.45, 2.75) is 38.8 Å². The molecule has 0 saturated heterocycles. The zero-order valence-electron chi connectivity index (χ0n) is 15.7. The molecule has 1 aliphatic rings. The monoisotopic (exact) mass is 420 g/mol. The van der Waals surface area contributed by atoms with E-state index in [9.17, 15) is 9.59 Å². The van der Waals surface area contributed by atoms with Crippen LogP contribution in [-0.2, 0) is 9.59 Å². The summed E-state index contributed by atoms with van der Waals surface area (Å²) in [5.74, 6) is 0.321. The molecule has 0 aromatic heterocycles. The summed E-state index contributed by atoms with van der Waals surface area (Å²) in [6.45, 7) is 3.53. The highest BCUT2D eigenvalue weighted by Crippen LogP contribution is 2.32. The van der Waals surface area contributed by atoms with E-state index in [0.29, 0.717) is 10.8 Å². The molecular weight excluding hydrogens is 399 g/mol. The summed E-state index contributed by atoms with van der Waals surface area (Å²) in [5, 5.41) is 6.46. The van der Waals surface area contributed by atoms with Gasteiger partial charge < -0.3 is 15.4 Å². The topological polar surface area (TPSA) is 67.4 Å². The molecular formula is C21H22Cl2N2O3. The summed E-state index contributed by atoms with van der Waals surface area (Å²) in [4.78, 5) is 24.3. The number of anilines is 1. The first-order valence-corrected chi connectivity index (χ1v) is 9.92. The van der Waals surface area contributed by atoms with Gasteiger partial charge in [0.15, 0.2) is 6.10 Å². The molecule has 2 aromatic rings. The summed E-state index contributed by atoms with van der Waals surface area (Å²) in [5.41, 5.74) is 1.68. The minimum absolute atomic E-state index is 0.0692. The van der Waals surface area contributed by atoms with Crippen molar-refractivity contribution >= 4 is 40.7 Å². The van der Waals surface area contributed by atoms with E-state index >= 15 is 0 Å². The van der Waals surface area contributed by atoms with Crippen LogP contribution in [0.25, 0.3) is 0 Å². The molecule has 0 aliphatic heterocycles. The minimum atomic E-state index is -0.740. The molecule has 1 fully saturated rings. The zero-order chi connectivity index (χ0) is 20.3. The Kier molecular flexibility index (Phi) is 6.47. The molecule has 2 aromatic carbocycles.